The summed E-state index contributed by atoms with van der Waals surface area (Å²) in [4.78, 5) is 14.0. The number of nitrogens with zero attached hydrogens (tertiary/aromatic N) is 1. The molecule has 1 saturated heterocycles. The minimum atomic E-state index is -0.0705. The molecule has 0 aliphatic carbocycles. The predicted octanol–water partition coefficient (Wildman–Crippen LogP) is 2.18. The van der Waals surface area contributed by atoms with Gasteiger partial charge in [0.2, 0.25) is 0 Å². The van der Waals surface area contributed by atoms with Crippen LogP contribution in [-0.4, -0.2) is 44.1 Å². The summed E-state index contributed by atoms with van der Waals surface area (Å²) in [6.45, 7) is 3.02. The molecule has 1 heterocycles. The molecule has 0 atom stereocenters. The zero-order valence-corrected chi connectivity index (χ0v) is 12.5. The van der Waals surface area contributed by atoms with E-state index in [1.54, 1.807) is 24.3 Å². The van der Waals surface area contributed by atoms with Crippen LogP contribution in [0.2, 0.25) is 5.02 Å². The van der Waals surface area contributed by atoms with Crippen LogP contribution < -0.4 is 10.1 Å². The zero-order valence-electron chi connectivity index (χ0n) is 11.8. The Labute approximate surface area is 125 Å². The van der Waals surface area contributed by atoms with Gasteiger partial charge in [-0.05, 0) is 63.2 Å². The third kappa shape index (κ3) is 5.02. The summed E-state index contributed by atoms with van der Waals surface area (Å²) in [5, 5.41) is 3.60. The lowest BCUT2D eigenvalue weighted by molar-refractivity contribution is -0.123. The normalized spacial score (nSPS) is 16.9. The van der Waals surface area contributed by atoms with Gasteiger partial charge in [0.1, 0.15) is 5.75 Å². The largest absolute Gasteiger partial charge is 0.484 e. The molecule has 0 saturated carbocycles. The number of nitrogens with one attached hydrogen (secondary N) is 1. The van der Waals surface area contributed by atoms with E-state index in [1.165, 1.54) is 0 Å². The number of ether oxygens (including phenoxy) is 1. The quantitative estimate of drug-likeness (QED) is 0.905. The second-order valence-corrected chi connectivity index (χ2v) is 5.73. The van der Waals surface area contributed by atoms with Gasteiger partial charge in [-0.25, -0.2) is 0 Å². The summed E-state index contributed by atoms with van der Waals surface area (Å²) in [7, 11) is 2.13. The molecule has 5 heteroatoms. The van der Waals surface area contributed by atoms with Crippen LogP contribution in [0.25, 0.3) is 0 Å². The fourth-order valence-electron chi connectivity index (χ4n) is 2.26. The monoisotopic (exact) mass is 296 g/mol. The van der Waals surface area contributed by atoms with E-state index in [1.807, 2.05) is 0 Å². The van der Waals surface area contributed by atoms with E-state index in [0.29, 0.717) is 16.7 Å². The number of amides is 1. The number of piperidine rings is 1. The fourth-order valence-corrected chi connectivity index (χ4v) is 2.38. The topological polar surface area (TPSA) is 41.6 Å². The van der Waals surface area contributed by atoms with Gasteiger partial charge in [-0.1, -0.05) is 11.6 Å². The number of hydrogen-bond donors (Lipinski definition) is 1. The van der Waals surface area contributed by atoms with Crippen molar-refractivity contribution in [3.05, 3.63) is 29.3 Å². The van der Waals surface area contributed by atoms with Crippen molar-refractivity contribution in [2.75, 3.05) is 33.3 Å². The molecule has 0 spiro atoms. The van der Waals surface area contributed by atoms with Crippen LogP contribution in [0.4, 0.5) is 0 Å². The molecule has 20 heavy (non-hydrogen) atoms. The Hall–Kier alpha value is -1.26. The highest BCUT2D eigenvalue weighted by atomic mass is 35.5. The summed E-state index contributed by atoms with van der Waals surface area (Å²) >= 11 is 5.78. The highest BCUT2D eigenvalue weighted by Gasteiger charge is 2.17. The first-order valence-electron chi connectivity index (χ1n) is 6.97. The number of benzene rings is 1. The summed E-state index contributed by atoms with van der Waals surface area (Å²) < 4.78 is 5.40. The van der Waals surface area contributed by atoms with Crippen LogP contribution in [0, 0.1) is 5.92 Å². The van der Waals surface area contributed by atoms with Gasteiger partial charge in [-0.15, -0.1) is 0 Å². The van der Waals surface area contributed by atoms with Crippen LogP contribution in [0.15, 0.2) is 24.3 Å². The number of halogens is 1. The molecule has 1 amide bonds. The Morgan fingerprint density at radius 3 is 2.65 bits per heavy atom. The molecule has 1 aliphatic rings. The molecule has 1 N–H and O–H groups in total. The highest BCUT2D eigenvalue weighted by Crippen LogP contribution is 2.16. The molecule has 0 radical (unpaired) electrons. The minimum absolute atomic E-state index is 0.0499. The first-order valence-corrected chi connectivity index (χ1v) is 7.35. The Balaban J connectivity index is 1.64. The van der Waals surface area contributed by atoms with Crippen molar-refractivity contribution in [3.63, 3.8) is 0 Å². The van der Waals surface area contributed by atoms with E-state index >= 15 is 0 Å². The lowest BCUT2D eigenvalue weighted by Crippen LogP contribution is -2.38. The Kier molecular flexibility index (Phi) is 5.68. The maximum Gasteiger partial charge on any atom is 0.257 e. The van der Waals surface area contributed by atoms with Crippen LogP contribution in [-0.2, 0) is 4.79 Å². The van der Waals surface area contributed by atoms with Crippen LogP contribution in [0.3, 0.4) is 0 Å². The van der Waals surface area contributed by atoms with Gasteiger partial charge in [-0.3, -0.25) is 4.79 Å². The van der Waals surface area contributed by atoms with Gasteiger partial charge in [0.15, 0.2) is 6.61 Å². The molecule has 0 aromatic heterocycles. The van der Waals surface area contributed by atoms with Gasteiger partial charge < -0.3 is 15.0 Å². The standard InChI is InChI=1S/C15H21ClN2O2/c1-18-8-6-12(7-9-18)10-17-15(19)11-20-14-4-2-13(16)3-5-14/h2-5,12H,6-11H2,1H3,(H,17,19). The first-order chi connectivity index (χ1) is 9.63. The van der Waals surface area contributed by atoms with Crippen LogP contribution >= 0.6 is 11.6 Å². The predicted molar refractivity (Wildman–Crippen MR) is 80.2 cm³/mol. The van der Waals surface area contributed by atoms with Crippen LogP contribution in [0.5, 0.6) is 5.75 Å². The lowest BCUT2D eigenvalue weighted by Gasteiger charge is -2.28. The fraction of sp³-hybridized carbons (Fsp3) is 0.533. The van der Waals surface area contributed by atoms with Crippen molar-refractivity contribution in [2.45, 2.75) is 12.8 Å². The van der Waals surface area contributed by atoms with Crippen molar-refractivity contribution in [1.82, 2.24) is 10.2 Å². The Bertz CT molecular complexity index is 428. The first kappa shape index (κ1) is 15.1. The maximum absolute atomic E-state index is 11.7. The molecule has 1 aromatic carbocycles. The molecule has 2 rings (SSSR count). The van der Waals surface area contributed by atoms with Crippen molar-refractivity contribution in [1.29, 1.82) is 0 Å². The van der Waals surface area contributed by atoms with Crippen molar-refractivity contribution in [2.24, 2.45) is 5.92 Å². The lowest BCUT2D eigenvalue weighted by atomic mass is 9.97. The second kappa shape index (κ2) is 7.50. The molecule has 1 fully saturated rings. The number of carbonyl (C=O) groups is 1. The summed E-state index contributed by atoms with van der Waals surface area (Å²) in [6.07, 6.45) is 2.30. The molecular formula is C15H21ClN2O2. The smallest absolute Gasteiger partial charge is 0.257 e. The van der Waals surface area contributed by atoms with Crippen molar-refractivity contribution < 1.29 is 9.53 Å². The average molecular weight is 297 g/mol. The van der Waals surface area contributed by atoms with Gasteiger partial charge in [-0.2, -0.15) is 0 Å². The molecular weight excluding hydrogens is 276 g/mol. The number of likely N-dealkylation sites (tertiary alicyclic amines) is 1. The van der Waals surface area contributed by atoms with E-state index in [9.17, 15) is 4.79 Å². The molecule has 0 unspecified atom stereocenters. The van der Waals surface area contributed by atoms with Crippen molar-refractivity contribution >= 4 is 17.5 Å². The second-order valence-electron chi connectivity index (χ2n) is 5.29. The highest BCUT2D eigenvalue weighted by molar-refractivity contribution is 6.30. The Morgan fingerprint density at radius 2 is 2.00 bits per heavy atom. The molecule has 1 aliphatic heterocycles. The summed E-state index contributed by atoms with van der Waals surface area (Å²) in [5.41, 5.74) is 0. The van der Waals surface area contributed by atoms with E-state index in [0.717, 1.165) is 32.5 Å². The SMILES string of the molecule is CN1CCC(CNC(=O)COc2ccc(Cl)cc2)CC1. The van der Waals surface area contributed by atoms with E-state index in [4.69, 9.17) is 16.3 Å². The van der Waals surface area contributed by atoms with Crippen LogP contribution in [0.1, 0.15) is 12.8 Å². The molecule has 4 nitrogen and oxygen atoms in total. The Morgan fingerprint density at radius 1 is 1.35 bits per heavy atom. The van der Waals surface area contributed by atoms with Gasteiger partial charge >= 0.3 is 0 Å². The third-order valence-electron chi connectivity index (χ3n) is 3.61. The van der Waals surface area contributed by atoms with Gasteiger partial charge in [0.25, 0.3) is 5.91 Å². The van der Waals surface area contributed by atoms with Gasteiger partial charge in [0, 0.05) is 11.6 Å². The summed E-state index contributed by atoms with van der Waals surface area (Å²) in [5.74, 6) is 1.17. The average Bonchev–Trinajstić information content (AvgIpc) is 2.46. The molecule has 1 aromatic rings. The van der Waals surface area contributed by atoms with E-state index in [2.05, 4.69) is 17.3 Å². The molecule has 0 bridgehead atoms. The molecule has 110 valence electrons. The zero-order chi connectivity index (χ0) is 14.4. The maximum atomic E-state index is 11.7. The number of rotatable bonds is 5. The number of carbonyl (C=O) groups excluding carboxylic acids is 1. The number of hydrogen-bond acceptors (Lipinski definition) is 3. The van der Waals surface area contributed by atoms with Crippen molar-refractivity contribution in [3.8, 4) is 5.75 Å². The summed E-state index contributed by atoms with van der Waals surface area (Å²) in [6, 6.07) is 7.00. The van der Waals surface area contributed by atoms with Gasteiger partial charge in [0.05, 0.1) is 0 Å². The van der Waals surface area contributed by atoms with E-state index < -0.39 is 0 Å². The third-order valence-corrected chi connectivity index (χ3v) is 3.86. The minimum Gasteiger partial charge on any atom is -0.484 e. The van der Waals surface area contributed by atoms with E-state index in [-0.39, 0.29) is 12.5 Å².